The third-order valence-corrected chi connectivity index (χ3v) is 2.71. The summed E-state index contributed by atoms with van der Waals surface area (Å²) in [5, 5.41) is 13.2. The molecule has 0 amide bonds. The van der Waals surface area contributed by atoms with E-state index in [1.807, 2.05) is 16.9 Å². The molecule has 3 N–H and O–H groups in total. The highest BCUT2D eigenvalue weighted by Gasteiger charge is 2.54. The molecular weight excluding hydrogens is 154 g/mol. The molecule has 0 spiro atoms. The third-order valence-electron chi connectivity index (χ3n) is 2.71. The lowest BCUT2D eigenvalue weighted by Gasteiger charge is -2.10. The van der Waals surface area contributed by atoms with Crippen LogP contribution in [0.5, 0.6) is 0 Å². The third kappa shape index (κ3) is 0.956. The van der Waals surface area contributed by atoms with E-state index in [9.17, 15) is 0 Å². The zero-order valence-corrected chi connectivity index (χ0v) is 6.85. The summed E-state index contributed by atoms with van der Waals surface area (Å²) in [6.45, 7) is 0.696. The molecule has 4 nitrogen and oxygen atoms in total. The molecule has 1 fully saturated rings. The minimum Gasteiger partial charge on any atom is -0.396 e. The molecule has 0 radical (unpaired) electrons. The average Bonchev–Trinajstić information content (AvgIpc) is 2.59. The Morgan fingerprint density at radius 3 is 3.00 bits per heavy atom. The van der Waals surface area contributed by atoms with Gasteiger partial charge in [0.2, 0.25) is 0 Å². The molecule has 12 heavy (non-hydrogen) atoms. The maximum absolute atomic E-state index is 9.10. The fraction of sp³-hybridized carbons (Fsp3) is 0.625. The van der Waals surface area contributed by atoms with Crippen LogP contribution in [0, 0.1) is 5.41 Å². The SMILES string of the molecule is NCC1(CO)CC1n1cccn1. The second-order valence-electron chi connectivity index (χ2n) is 3.43. The monoisotopic (exact) mass is 167 g/mol. The van der Waals surface area contributed by atoms with Crippen molar-refractivity contribution in [2.75, 3.05) is 13.2 Å². The minimum atomic E-state index is -0.0913. The van der Waals surface area contributed by atoms with Gasteiger partial charge < -0.3 is 10.8 Å². The van der Waals surface area contributed by atoms with Crippen LogP contribution in [0.4, 0.5) is 0 Å². The van der Waals surface area contributed by atoms with Crippen molar-refractivity contribution in [3.8, 4) is 0 Å². The summed E-state index contributed by atoms with van der Waals surface area (Å²) in [5.41, 5.74) is 5.48. The van der Waals surface area contributed by atoms with Crippen LogP contribution in [0.25, 0.3) is 0 Å². The highest BCUT2D eigenvalue weighted by molar-refractivity contribution is 5.07. The number of hydrogen-bond acceptors (Lipinski definition) is 3. The van der Waals surface area contributed by atoms with Crippen molar-refractivity contribution in [1.29, 1.82) is 0 Å². The molecule has 1 aromatic rings. The molecular formula is C8H13N3O. The number of nitrogens with two attached hydrogens (primary N) is 1. The largest absolute Gasteiger partial charge is 0.396 e. The fourth-order valence-electron chi connectivity index (χ4n) is 1.62. The second-order valence-corrected chi connectivity index (χ2v) is 3.43. The first-order valence-electron chi connectivity index (χ1n) is 4.12. The van der Waals surface area contributed by atoms with E-state index < -0.39 is 0 Å². The van der Waals surface area contributed by atoms with E-state index in [2.05, 4.69) is 5.10 Å². The van der Waals surface area contributed by atoms with E-state index in [1.54, 1.807) is 6.20 Å². The minimum absolute atomic E-state index is 0.0913. The first-order chi connectivity index (χ1) is 5.82. The Morgan fingerprint density at radius 1 is 1.75 bits per heavy atom. The molecule has 4 heteroatoms. The van der Waals surface area contributed by atoms with Crippen molar-refractivity contribution in [2.24, 2.45) is 11.1 Å². The van der Waals surface area contributed by atoms with E-state index in [-0.39, 0.29) is 12.0 Å². The summed E-state index contributed by atoms with van der Waals surface area (Å²) in [6, 6.07) is 2.19. The maximum Gasteiger partial charge on any atom is 0.0617 e. The Hall–Kier alpha value is -0.870. The van der Waals surface area contributed by atoms with Crippen LogP contribution in [-0.2, 0) is 0 Å². The lowest BCUT2D eigenvalue weighted by Crippen LogP contribution is -2.23. The van der Waals surface area contributed by atoms with E-state index >= 15 is 0 Å². The molecule has 0 bridgehead atoms. The average molecular weight is 167 g/mol. The summed E-state index contributed by atoms with van der Waals surface area (Å²) in [7, 11) is 0. The van der Waals surface area contributed by atoms with Crippen LogP contribution in [0.15, 0.2) is 18.5 Å². The van der Waals surface area contributed by atoms with Crippen LogP contribution < -0.4 is 5.73 Å². The number of hydrogen-bond donors (Lipinski definition) is 2. The van der Waals surface area contributed by atoms with Gasteiger partial charge in [-0.25, -0.2) is 0 Å². The van der Waals surface area contributed by atoms with Gasteiger partial charge >= 0.3 is 0 Å². The van der Waals surface area contributed by atoms with Crippen molar-refractivity contribution in [2.45, 2.75) is 12.5 Å². The van der Waals surface area contributed by atoms with Crippen LogP contribution in [0.3, 0.4) is 0 Å². The molecule has 1 saturated carbocycles. The van der Waals surface area contributed by atoms with E-state index in [0.29, 0.717) is 12.6 Å². The first kappa shape index (κ1) is 7.76. The van der Waals surface area contributed by atoms with Gasteiger partial charge in [-0.15, -0.1) is 0 Å². The molecule has 1 aliphatic carbocycles. The Bertz CT molecular complexity index is 253. The predicted molar refractivity (Wildman–Crippen MR) is 44.5 cm³/mol. The van der Waals surface area contributed by atoms with E-state index in [1.165, 1.54) is 0 Å². The topological polar surface area (TPSA) is 64.1 Å². The smallest absolute Gasteiger partial charge is 0.0617 e. The van der Waals surface area contributed by atoms with Crippen LogP contribution in [0.2, 0.25) is 0 Å². The number of aromatic nitrogens is 2. The zero-order valence-electron chi connectivity index (χ0n) is 6.85. The summed E-state index contributed by atoms with van der Waals surface area (Å²) in [4.78, 5) is 0. The van der Waals surface area contributed by atoms with Gasteiger partial charge in [0.1, 0.15) is 0 Å². The first-order valence-corrected chi connectivity index (χ1v) is 4.12. The Morgan fingerprint density at radius 2 is 2.58 bits per heavy atom. The lowest BCUT2D eigenvalue weighted by molar-refractivity contribution is 0.201. The highest BCUT2D eigenvalue weighted by Crippen LogP contribution is 2.54. The summed E-state index contributed by atoms with van der Waals surface area (Å²) < 4.78 is 1.88. The quantitative estimate of drug-likeness (QED) is 0.653. The molecule has 2 rings (SSSR count). The van der Waals surface area contributed by atoms with Crippen molar-refractivity contribution in [3.05, 3.63) is 18.5 Å². The molecule has 2 atom stereocenters. The van der Waals surface area contributed by atoms with Crippen molar-refractivity contribution >= 4 is 0 Å². The maximum atomic E-state index is 9.10. The van der Waals surface area contributed by atoms with Crippen LogP contribution in [0.1, 0.15) is 12.5 Å². The van der Waals surface area contributed by atoms with Crippen molar-refractivity contribution in [3.63, 3.8) is 0 Å². The standard InChI is InChI=1S/C8H13N3O/c9-5-8(6-12)4-7(8)11-3-1-2-10-11/h1-3,7,12H,4-6,9H2. The molecule has 66 valence electrons. The normalized spacial score (nSPS) is 33.7. The van der Waals surface area contributed by atoms with Gasteiger partial charge in [0, 0.05) is 24.4 Å². The molecule has 1 aromatic heterocycles. The fourth-order valence-corrected chi connectivity index (χ4v) is 1.62. The predicted octanol–water partition coefficient (Wildman–Crippen LogP) is -0.235. The van der Waals surface area contributed by atoms with Gasteiger partial charge in [0.15, 0.2) is 0 Å². The van der Waals surface area contributed by atoms with Gasteiger partial charge in [-0.2, -0.15) is 5.10 Å². The molecule has 1 aliphatic rings. The van der Waals surface area contributed by atoms with Gasteiger partial charge in [0.05, 0.1) is 12.6 Å². The van der Waals surface area contributed by atoms with Crippen molar-refractivity contribution in [1.82, 2.24) is 9.78 Å². The molecule has 0 aromatic carbocycles. The van der Waals surface area contributed by atoms with Gasteiger partial charge in [-0.05, 0) is 12.5 Å². The number of nitrogens with zero attached hydrogens (tertiary/aromatic N) is 2. The van der Waals surface area contributed by atoms with Crippen LogP contribution >= 0.6 is 0 Å². The van der Waals surface area contributed by atoms with Gasteiger partial charge in [-0.3, -0.25) is 4.68 Å². The van der Waals surface area contributed by atoms with Crippen molar-refractivity contribution < 1.29 is 5.11 Å². The Balaban J connectivity index is 2.12. The van der Waals surface area contributed by atoms with Gasteiger partial charge in [0.25, 0.3) is 0 Å². The zero-order chi connectivity index (χ0) is 8.60. The summed E-state index contributed by atoms with van der Waals surface area (Å²) in [5.74, 6) is 0. The van der Waals surface area contributed by atoms with Gasteiger partial charge in [-0.1, -0.05) is 0 Å². The molecule has 0 aliphatic heterocycles. The number of aliphatic hydroxyl groups excluding tert-OH is 1. The Kier molecular flexibility index (Phi) is 1.66. The molecule has 2 unspecified atom stereocenters. The van der Waals surface area contributed by atoms with E-state index in [4.69, 9.17) is 10.8 Å². The molecule has 0 saturated heterocycles. The van der Waals surface area contributed by atoms with Crippen LogP contribution in [-0.4, -0.2) is 28.0 Å². The summed E-state index contributed by atoms with van der Waals surface area (Å²) in [6.07, 6.45) is 4.61. The lowest BCUT2D eigenvalue weighted by atomic mass is 10.1. The second kappa shape index (κ2) is 2.57. The summed E-state index contributed by atoms with van der Waals surface area (Å²) >= 11 is 0. The number of aliphatic hydroxyl groups is 1. The number of rotatable bonds is 3. The highest BCUT2D eigenvalue weighted by atomic mass is 16.3. The molecule has 1 heterocycles. The van der Waals surface area contributed by atoms with E-state index in [0.717, 1.165) is 6.42 Å². The Labute approximate surface area is 71.0 Å².